The number of thiocarbonyl (C=S) groups is 1. The fourth-order valence-electron chi connectivity index (χ4n) is 2.85. The average molecular weight is 541 g/mol. The van der Waals surface area contributed by atoms with Gasteiger partial charge in [0.05, 0.1) is 12.0 Å². The molecule has 1 fully saturated rings. The number of benzene rings is 2. The van der Waals surface area contributed by atoms with Crippen LogP contribution in [-0.4, -0.2) is 34.8 Å². The molecule has 1 saturated heterocycles. The summed E-state index contributed by atoms with van der Waals surface area (Å²) < 4.78 is 12.0. The Balaban J connectivity index is 1.75. The zero-order valence-electron chi connectivity index (χ0n) is 16.6. The van der Waals surface area contributed by atoms with Gasteiger partial charge >= 0.3 is 5.97 Å². The van der Waals surface area contributed by atoms with E-state index in [0.717, 1.165) is 15.6 Å². The molecule has 0 spiro atoms. The van der Waals surface area contributed by atoms with E-state index in [-0.39, 0.29) is 18.3 Å². The summed E-state index contributed by atoms with van der Waals surface area (Å²) in [5, 5.41) is 0.633. The zero-order valence-corrected chi connectivity index (χ0v) is 20.6. The first kappa shape index (κ1) is 23.8. The number of ether oxygens (including phenoxy) is 2. The minimum atomic E-state index is -0.310. The van der Waals surface area contributed by atoms with Crippen molar-refractivity contribution in [2.24, 2.45) is 0 Å². The summed E-state index contributed by atoms with van der Waals surface area (Å²) in [5.41, 5.74) is 1.62. The second-order valence-corrected chi connectivity index (χ2v) is 9.57. The number of carbonyl (C=O) groups is 2. The van der Waals surface area contributed by atoms with Crippen LogP contribution in [0.5, 0.6) is 5.75 Å². The zero-order chi connectivity index (χ0) is 22.4. The average Bonchev–Trinajstić information content (AvgIpc) is 3.01. The van der Waals surface area contributed by atoms with Crippen molar-refractivity contribution >= 4 is 73.8 Å². The third-order valence-electron chi connectivity index (χ3n) is 4.46. The van der Waals surface area contributed by atoms with Crippen LogP contribution in [0.3, 0.4) is 0 Å². The van der Waals surface area contributed by atoms with Crippen molar-refractivity contribution in [2.75, 3.05) is 13.7 Å². The molecule has 0 N–H and O–H groups in total. The lowest BCUT2D eigenvalue weighted by Crippen LogP contribution is -2.29. The van der Waals surface area contributed by atoms with Crippen molar-refractivity contribution in [1.29, 1.82) is 0 Å². The predicted octanol–water partition coefficient (Wildman–Crippen LogP) is 5.84. The van der Waals surface area contributed by atoms with Crippen LogP contribution in [-0.2, 0) is 20.9 Å². The summed E-state index contributed by atoms with van der Waals surface area (Å²) in [6, 6.07) is 13.1. The Morgan fingerprint density at radius 1 is 1.29 bits per heavy atom. The molecule has 9 heteroatoms. The van der Waals surface area contributed by atoms with Crippen molar-refractivity contribution in [2.45, 2.75) is 19.4 Å². The highest BCUT2D eigenvalue weighted by atomic mass is 79.9. The number of carbonyl (C=O) groups excluding carboxylic acids is 2. The van der Waals surface area contributed by atoms with Crippen molar-refractivity contribution in [3.63, 3.8) is 0 Å². The van der Waals surface area contributed by atoms with Crippen LogP contribution in [0.4, 0.5) is 0 Å². The first-order chi connectivity index (χ1) is 14.9. The van der Waals surface area contributed by atoms with E-state index in [1.807, 2.05) is 42.5 Å². The van der Waals surface area contributed by atoms with Crippen LogP contribution in [0.15, 0.2) is 51.8 Å². The van der Waals surface area contributed by atoms with Crippen LogP contribution in [0.25, 0.3) is 6.08 Å². The van der Waals surface area contributed by atoms with E-state index in [1.165, 1.54) is 23.8 Å². The van der Waals surface area contributed by atoms with Crippen molar-refractivity contribution in [3.8, 4) is 5.75 Å². The highest BCUT2D eigenvalue weighted by Crippen LogP contribution is 2.35. The fraction of sp³-hybridized carbons (Fsp3) is 0.227. The lowest BCUT2D eigenvalue weighted by molar-refractivity contribution is -0.141. The molecule has 2 aromatic carbocycles. The Kier molecular flexibility index (Phi) is 8.54. The topological polar surface area (TPSA) is 55.8 Å². The highest BCUT2D eigenvalue weighted by molar-refractivity contribution is 9.10. The number of esters is 1. The minimum absolute atomic E-state index is 0.183. The number of hydrogen-bond acceptors (Lipinski definition) is 6. The molecule has 0 bridgehead atoms. The lowest BCUT2D eigenvalue weighted by Gasteiger charge is -2.13. The Morgan fingerprint density at radius 3 is 2.81 bits per heavy atom. The number of thioether (sulfide) groups is 1. The molecule has 0 saturated carbocycles. The summed E-state index contributed by atoms with van der Waals surface area (Å²) in [7, 11) is 1.34. The van der Waals surface area contributed by atoms with Gasteiger partial charge in [0.15, 0.2) is 0 Å². The molecule has 1 heterocycles. The second-order valence-electron chi connectivity index (χ2n) is 6.58. The second kappa shape index (κ2) is 11.1. The molecular weight excluding hydrogens is 522 g/mol. The number of nitrogens with zero attached hydrogens (tertiary/aromatic N) is 1. The van der Waals surface area contributed by atoms with Gasteiger partial charge in [-0.05, 0) is 36.8 Å². The number of hydrogen-bond donors (Lipinski definition) is 0. The number of methoxy groups -OCH3 is 1. The van der Waals surface area contributed by atoms with Gasteiger partial charge in [0.25, 0.3) is 5.91 Å². The van der Waals surface area contributed by atoms with E-state index in [0.29, 0.717) is 39.6 Å². The number of rotatable bonds is 8. The smallest absolute Gasteiger partial charge is 0.305 e. The van der Waals surface area contributed by atoms with Gasteiger partial charge in [0.1, 0.15) is 16.7 Å². The maximum absolute atomic E-state index is 12.8. The van der Waals surface area contributed by atoms with Crippen molar-refractivity contribution in [3.05, 3.63) is 68.0 Å². The molecule has 2 aromatic rings. The van der Waals surface area contributed by atoms with E-state index >= 15 is 0 Å². The molecule has 1 amide bonds. The van der Waals surface area contributed by atoms with Crippen LogP contribution in [0.2, 0.25) is 5.02 Å². The maximum atomic E-state index is 12.8. The molecule has 31 heavy (non-hydrogen) atoms. The van der Waals surface area contributed by atoms with E-state index in [2.05, 4.69) is 20.7 Å². The van der Waals surface area contributed by atoms with Gasteiger partial charge in [-0.25, -0.2) is 0 Å². The molecule has 0 aromatic heterocycles. The van der Waals surface area contributed by atoms with Gasteiger partial charge in [0.2, 0.25) is 0 Å². The molecule has 1 aliphatic heterocycles. The van der Waals surface area contributed by atoms with E-state index in [1.54, 1.807) is 6.08 Å². The van der Waals surface area contributed by atoms with Crippen LogP contribution < -0.4 is 4.74 Å². The normalized spacial score (nSPS) is 14.9. The quantitative estimate of drug-likeness (QED) is 0.238. The fourth-order valence-corrected chi connectivity index (χ4v) is 4.72. The lowest BCUT2D eigenvalue weighted by atomic mass is 10.1. The first-order valence-corrected chi connectivity index (χ1v) is 11.8. The van der Waals surface area contributed by atoms with E-state index in [4.69, 9.17) is 28.6 Å². The summed E-state index contributed by atoms with van der Waals surface area (Å²) in [4.78, 5) is 26.2. The molecule has 3 rings (SSSR count). The van der Waals surface area contributed by atoms with Crippen LogP contribution >= 0.6 is 51.5 Å². The largest absolute Gasteiger partial charge is 0.488 e. The molecule has 0 unspecified atom stereocenters. The third kappa shape index (κ3) is 6.32. The highest BCUT2D eigenvalue weighted by Gasteiger charge is 2.32. The summed E-state index contributed by atoms with van der Waals surface area (Å²) in [6.45, 7) is 0.669. The first-order valence-electron chi connectivity index (χ1n) is 9.37. The molecule has 162 valence electrons. The number of halogens is 2. The van der Waals surface area contributed by atoms with Gasteiger partial charge in [0, 0.05) is 33.6 Å². The van der Waals surface area contributed by atoms with Crippen molar-refractivity contribution < 1.29 is 19.1 Å². The molecule has 0 aliphatic carbocycles. The summed E-state index contributed by atoms with van der Waals surface area (Å²) in [6.07, 6.45) is 2.49. The molecular formula is C22H19BrClNO4S2. The standard InChI is InChI=1S/C22H19BrClNO4S2/c1-28-20(26)7-4-10-25-21(27)19(31-22(25)30)12-15-11-16(23)8-9-18(15)29-13-14-5-2-3-6-17(14)24/h2-3,5-6,8-9,11-12H,4,7,10,13H2,1H3/b19-12+. The van der Waals surface area contributed by atoms with Crippen molar-refractivity contribution in [1.82, 2.24) is 4.90 Å². The maximum Gasteiger partial charge on any atom is 0.305 e. The van der Waals surface area contributed by atoms with Gasteiger partial charge in [-0.2, -0.15) is 0 Å². The Bertz CT molecular complexity index is 1040. The Labute approximate surface area is 203 Å². The van der Waals surface area contributed by atoms with Gasteiger partial charge in [-0.15, -0.1) is 0 Å². The SMILES string of the molecule is COC(=O)CCCN1C(=O)/C(=C\c2cc(Br)ccc2OCc2ccccc2Cl)SC1=S. The minimum Gasteiger partial charge on any atom is -0.488 e. The summed E-state index contributed by atoms with van der Waals surface area (Å²) in [5.74, 6) is 0.131. The predicted molar refractivity (Wildman–Crippen MR) is 131 cm³/mol. The number of amides is 1. The van der Waals surface area contributed by atoms with Crippen LogP contribution in [0.1, 0.15) is 24.0 Å². The summed E-state index contributed by atoms with van der Waals surface area (Å²) >= 11 is 16.3. The molecule has 0 atom stereocenters. The third-order valence-corrected chi connectivity index (χ3v) is 6.70. The molecule has 1 aliphatic rings. The Morgan fingerprint density at radius 2 is 2.06 bits per heavy atom. The van der Waals surface area contributed by atoms with E-state index in [9.17, 15) is 9.59 Å². The monoisotopic (exact) mass is 539 g/mol. The molecule has 5 nitrogen and oxygen atoms in total. The van der Waals surface area contributed by atoms with Gasteiger partial charge in [-0.3, -0.25) is 14.5 Å². The van der Waals surface area contributed by atoms with Gasteiger partial charge < -0.3 is 9.47 Å². The van der Waals surface area contributed by atoms with Gasteiger partial charge in [-0.1, -0.05) is 69.7 Å². The molecule has 0 radical (unpaired) electrons. The Hall–Kier alpha value is -1.87. The van der Waals surface area contributed by atoms with E-state index < -0.39 is 0 Å². The van der Waals surface area contributed by atoms with Crippen LogP contribution in [0, 0.1) is 0 Å².